The molecule has 0 aliphatic heterocycles. The van der Waals surface area contributed by atoms with E-state index < -0.39 is 6.61 Å². The van der Waals surface area contributed by atoms with Crippen LogP contribution in [0, 0.1) is 6.92 Å². The highest BCUT2D eigenvalue weighted by Crippen LogP contribution is 2.25. The zero-order valence-corrected chi connectivity index (χ0v) is 15.0. The van der Waals surface area contributed by atoms with Crippen LogP contribution in [0.15, 0.2) is 28.7 Å². The van der Waals surface area contributed by atoms with Gasteiger partial charge >= 0.3 is 6.61 Å². The topological polar surface area (TPSA) is 67.8 Å². The lowest BCUT2D eigenvalue weighted by atomic mass is 10.2. The summed E-state index contributed by atoms with van der Waals surface area (Å²) < 4.78 is 34.8. The lowest BCUT2D eigenvalue weighted by molar-refractivity contribution is -0.0504. The number of aliphatic imine (C=N–C) groups is 1. The fourth-order valence-corrected chi connectivity index (χ4v) is 2.81. The average molecular weight is 370 g/mol. The largest absolute Gasteiger partial charge is 0.497 e. The minimum Gasteiger partial charge on any atom is -0.497 e. The van der Waals surface area contributed by atoms with Crippen LogP contribution in [0.4, 0.5) is 8.78 Å². The number of ether oxygens (including phenoxy) is 2. The standard InChI is InChI=1S/C16H20F2N4O2S/c1-10-14(25-9-22-10)8-21-16(19-2)20-7-11-6-12(23-3)4-5-13(11)24-15(17)18/h4-6,9,15H,7-8H2,1-3H3,(H2,19,20,21). The van der Waals surface area contributed by atoms with Crippen molar-refractivity contribution in [3.05, 3.63) is 39.8 Å². The molecule has 0 aliphatic carbocycles. The molecule has 6 nitrogen and oxygen atoms in total. The van der Waals surface area contributed by atoms with Crippen LogP contribution in [-0.2, 0) is 13.1 Å². The average Bonchev–Trinajstić information content (AvgIpc) is 3.00. The summed E-state index contributed by atoms with van der Waals surface area (Å²) in [6.45, 7) is -0.123. The quantitative estimate of drug-likeness (QED) is 0.579. The van der Waals surface area contributed by atoms with E-state index in [1.165, 1.54) is 13.2 Å². The van der Waals surface area contributed by atoms with Crippen molar-refractivity contribution in [1.82, 2.24) is 15.6 Å². The highest BCUT2D eigenvalue weighted by atomic mass is 32.1. The van der Waals surface area contributed by atoms with Gasteiger partial charge in [-0.05, 0) is 25.1 Å². The van der Waals surface area contributed by atoms with Crippen LogP contribution in [0.5, 0.6) is 11.5 Å². The summed E-state index contributed by atoms with van der Waals surface area (Å²) in [5.41, 5.74) is 3.29. The van der Waals surface area contributed by atoms with Crippen LogP contribution in [0.25, 0.3) is 0 Å². The van der Waals surface area contributed by atoms with Gasteiger partial charge in [0.1, 0.15) is 11.5 Å². The number of guanidine groups is 1. The van der Waals surface area contributed by atoms with Gasteiger partial charge in [-0.15, -0.1) is 11.3 Å². The third-order valence-electron chi connectivity index (χ3n) is 3.41. The molecule has 1 aromatic carbocycles. The lowest BCUT2D eigenvalue weighted by Crippen LogP contribution is -2.36. The van der Waals surface area contributed by atoms with Crippen molar-refractivity contribution in [2.24, 2.45) is 4.99 Å². The number of aryl methyl sites for hydroxylation is 1. The number of nitrogens with zero attached hydrogens (tertiary/aromatic N) is 2. The van der Waals surface area contributed by atoms with Gasteiger partial charge in [-0.1, -0.05) is 0 Å². The normalized spacial score (nSPS) is 11.5. The van der Waals surface area contributed by atoms with Gasteiger partial charge in [0.15, 0.2) is 5.96 Å². The molecule has 2 N–H and O–H groups in total. The Balaban J connectivity index is 2.01. The Morgan fingerprint density at radius 3 is 2.68 bits per heavy atom. The molecular formula is C16H20F2N4O2S. The molecule has 0 atom stereocenters. The molecule has 25 heavy (non-hydrogen) atoms. The van der Waals surface area contributed by atoms with Gasteiger partial charge in [-0.25, -0.2) is 4.98 Å². The second kappa shape index (κ2) is 9.16. The first-order chi connectivity index (χ1) is 12.0. The zero-order valence-electron chi connectivity index (χ0n) is 14.2. The molecule has 0 fully saturated rings. The van der Waals surface area contributed by atoms with E-state index in [0.717, 1.165) is 10.6 Å². The summed E-state index contributed by atoms with van der Waals surface area (Å²) >= 11 is 1.55. The van der Waals surface area contributed by atoms with Crippen molar-refractivity contribution in [3.8, 4) is 11.5 Å². The first kappa shape index (κ1) is 18.9. The predicted octanol–water partition coefficient (Wildman–Crippen LogP) is 2.93. The minimum absolute atomic E-state index is 0.0945. The number of halogens is 2. The van der Waals surface area contributed by atoms with Crippen molar-refractivity contribution in [3.63, 3.8) is 0 Å². The molecule has 0 radical (unpaired) electrons. The lowest BCUT2D eigenvalue weighted by Gasteiger charge is -2.15. The molecule has 9 heteroatoms. The number of aromatic nitrogens is 1. The molecule has 0 bridgehead atoms. The van der Waals surface area contributed by atoms with Crippen LogP contribution in [0.3, 0.4) is 0 Å². The second-order valence-electron chi connectivity index (χ2n) is 4.99. The van der Waals surface area contributed by atoms with Crippen LogP contribution in [-0.4, -0.2) is 31.7 Å². The third kappa shape index (κ3) is 5.56. The van der Waals surface area contributed by atoms with Crippen molar-refractivity contribution in [2.75, 3.05) is 14.2 Å². The Morgan fingerprint density at radius 1 is 1.32 bits per heavy atom. The van der Waals surface area contributed by atoms with Crippen LogP contribution >= 0.6 is 11.3 Å². The Bertz CT molecular complexity index is 722. The number of benzene rings is 1. The van der Waals surface area contributed by atoms with E-state index in [-0.39, 0.29) is 12.3 Å². The SMILES string of the molecule is CN=C(NCc1cc(OC)ccc1OC(F)F)NCc1scnc1C. The van der Waals surface area contributed by atoms with Crippen molar-refractivity contribution >= 4 is 17.3 Å². The predicted molar refractivity (Wildman–Crippen MR) is 93.5 cm³/mol. The maximum absolute atomic E-state index is 12.5. The van der Waals surface area contributed by atoms with E-state index in [2.05, 4.69) is 25.3 Å². The fraction of sp³-hybridized carbons (Fsp3) is 0.375. The fourth-order valence-electron chi connectivity index (χ4n) is 2.09. The third-order valence-corrected chi connectivity index (χ3v) is 4.35. The van der Waals surface area contributed by atoms with Gasteiger partial charge in [0.2, 0.25) is 0 Å². The summed E-state index contributed by atoms with van der Waals surface area (Å²) in [4.78, 5) is 9.42. The molecule has 0 saturated heterocycles. The molecule has 0 amide bonds. The first-order valence-corrected chi connectivity index (χ1v) is 8.36. The van der Waals surface area contributed by atoms with E-state index in [4.69, 9.17) is 4.74 Å². The first-order valence-electron chi connectivity index (χ1n) is 7.48. The number of thiazole rings is 1. The molecular weight excluding hydrogens is 350 g/mol. The number of rotatable bonds is 7. The number of hydrogen-bond acceptors (Lipinski definition) is 5. The number of alkyl halides is 2. The van der Waals surface area contributed by atoms with Crippen LogP contribution < -0.4 is 20.1 Å². The molecule has 0 aliphatic rings. The highest BCUT2D eigenvalue weighted by Gasteiger charge is 2.12. The Morgan fingerprint density at radius 2 is 2.08 bits per heavy atom. The summed E-state index contributed by atoms with van der Waals surface area (Å²) in [6.07, 6.45) is 0. The number of methoxy groups -OCH3 is 1. The van der Waals surface area contributed by atoms with Crippen molar-refractivity contribution < 1.29 is 18.3 Å². The highest BCUT2D eigenvalue weighted by molar-refractivity contribution is 7.09. The Kier molecular flexibility index (Phi) is 6.93. The summed E-state index contributed by atoms with van der Waals surface area (Å²) in [5, 5.41) is 6.24. The van der Waals surface area contributed by atoms with E-state index >= 15 is 0 Å². The Hall–Kier alpha value is -2.42. The summed E-state index contributed by atoms with van der Waals surface area (Å²) in [7, 11) is 3.15. The summed E-state index contributed by atoms with van der Waals surface area (Å²) in [5.74, 6) is 1.19. The maximum atomic E-state index is 12.5. The molecule has 0 saturated carbocycles. The Labute approximate surface area is 148 Å². The molecule has 0 spiro atoms. The van der Waals surface area contributed by atoms with Gasteiger partial charge in [0.25, 0.3) is 0 Å². The van der Waals surface area contributed by atoms with Crippen LogP contribution in [0.1, 0.15) is 16.1 Å². The molecule has 136 valence electrons. The monoisotopic (exact) mass is 370 g/mol. The molecule has 2 rings (SSSR count). The molecule has 2 aromatic rings. The van der Waals surface area contributed by atoms with E-state index in [1.54, 1.807) is 36.0 Å². The van der Waals surface area contributed by atoms with Gasteiger partial charge in [-0.3, -0.25) is 4.99 Å². The van der Waals surface area contributed by atoms with Gasteiger partial charge < -0.3 is 20.1 Å². The van der Waals surface area contributed by atoms with Gasteiger partial charge in [0, 0.05) is 24.0 Å². The van der Waals surface area contributed by atoms with Gasteiger partial charge in [0.05, 0.1) is 24.9 Å². The van der Waals surface area contributed by atoms with Crippen LogP contribution in [0.2, 0.25) is 0 Å². The summed E-state index contributed by atoms with van der Waals surface area (Å²) in [6, 6.07) is 4.67. The zero-order chi connectivity index (χ0) is 18.2. The second-order valence-corrected chi connectivity index (χ2v) is 5.93. The van der Waals surface area contributed by atoms with E-state index in [9.17, 15) is 8.78 Å². The van der Waals surface area contributed by atoms with Crippen molar-refractivity contribution in [1.29, 1.82) is 0 Å². The number of hydrogen-bond donors (Lipinski definition) is 2. The molecule has 1 heterocycles. The molecule has 0 unspecified atom stereocenters. The van der Waals surface area contributed by atoms with Gasteiger partial charge in [-0.2, -0.15) is 8.78 Å². The number of nitrogens with one attached hydrogen (secondary N) is 2. The smallest absolute Gasteiger partial charge is 0.387 e. The maximum Gasteiger partial charge on any atom is 0.387 e. The van der Waals surface area contributed by atoms with E-state index in [1.807, 2.05) is 6.92 Å². The minimum atomic E-state index is -2.89. The van der Waals surface area contributed by atoms with Crippen molar-refractivity contribution in [2.45, 2.75) is 26.6 Å². The molecule has 1 aromatic heterocycles. The van der Waals surface area contributed by atoms with E-state index in [0.29, 0.717) is 23.8 Å².